The molecule has 1 aliphatic carbocycles. The van der Waals surface area contributed by atoms with Gasteiger partial charge in [-0.1, -0.05) is 6.07 Å². The molecule has 1 saturated carbocycles. The van der Waals surface area contributed by atoms with Gasteiger partial charge in [0.25, 0.3) is 0 Å². The molecule has 5 rings (SSSR count). The lowest BCUT2D eigenvalue weighted by molar-refractivity contribution is 0.425. The van der Waals surface area contributed by atoms with E-state index in [-0.39, 0.29) is 0 Å². The van der Waals surface area contributed by atoms with E-state index in [1.807, 2.05) is 19.2 Å². The molecule has 4 heterocycles. The van der Waals surface area contributed by atoms with Crippen LogP contribution in [0.2, 0.25) is 0 Å². The number of likely N-dealkylation sites (N-methyl/N-ethyl adjacent to an activating group) is 1. The number of rotatable bonds is 6. The summed E-state index contributed by atoms with van der Waals surface area (Å²) in [7, 11) is 4.16. The van der Waals surface area contributed by atoms with Crippen LogP contribution in [0.5, 0.6) is 0 Å². The van der Waals surface area contributed by atoms with Crippen molar-refractivity contribution in [2.24, 2.45) is 0 Å². The number of nitrogens with zero attached hydrogens (tertiary/aromatic N) is 5. The highest BCUT2D eigenvalue weighted by Gasteiger charge is 2.41. The summed E-state index contributed by atoms with van der Waals surface area (Å²) >= 11 is 0. The van der Waals surface area contributed by atoms with Crippen LogP contribution in [0.25, 0.3) is 22.6 Å². The average Bonchev–Trinajstić information content (AvgIpc) is 3.40. The fourth-order valence-corrected chi connectivity index (χ4v) is 4.75. The Labute approximate surface area is 172 Å². The Morgan fingerprint density at radius 2 is 2.07 bits per heavy atom. The summed E-state index contributed by atoms with van der Waals surface area (Å²) in [5.74, 6) is 2.75. The fourth-order valence-electron chi connectivity index (χ4n) is 4.75. The molecule has 0 saturated heterocycles. The number of hydrogen-bond acceptors (Lipinski definition) is 5. The summed E-state index contributed by atoms with van der Waals surface area (Å²) in [5, 5.41) is 3.45. The van der Waals surface area contributed by atoms with E-state index in [1.54, 1.807) is 0 Å². The van der Waals surface area contributed by atoms with Crippen LogP contribution in [-0.4, -0.2) is 51.6 Å². The third kappa shape index (κ3) is 3.31. The van der Waals surface area contributed by atoms with Gasteiger partial charge in [-0.3, -0.25) is 4.98 Å². The van der Waals surface area contributed by atoms with Crippen molar-refractivity contribution in [2.45, 2.75) is 38.1 Å². The molecular weight excluding hydrogens is 360 g/mol. The van der Waals surface area contributed by atoms with Crippen molar-refractivity contribution >= 4 is 5.82 Å². The van der Waals surface area contributed by atoms with Crippen molar-refractivity contribution in [3.05, 3.63) is 48.0 Å². The molecule has 0 aromatic carbocycles. The zero-order chi connectivity index (χ0) is 20.0. The van der Waals surface area contributed by atoms with Crippen LogP contribution in [-0.2, 0) is 0 Å². The maximum Gasteiger partial charge on any atom is 0.126 e. The molecule has 0 amide bonds. The maximum absolute atomic E-state index is 5.13. The van der Waals surface area contributed by atoms with Crippen LogP contribution in [0.15, 0.2) is 36.5 Å². The van der Waals surface area contributed by atoms with Gasteiger partial charge in [0.1, 0.15) is 17.3 Å². The highest BCUT2D eigenvalue weighted by Crippen LogP contribution is 2.52. The molecule has 6 nitrogen and oxygen atoms in total. The second kappa shape index (κ2) is 7.26. The molecule has 0 unspecified atom stereocenters. The molecule has 3 aromatic rings. The van der Waals surface area contributed by atoms with Crippen molar-refractivity contribution in [1.29, 1.82) is 0 Å². The van der Waals surface area contributed by atoms with Crippen LogP contribution < -0.4 is 5.32 Å². The molecule has 150 valence electrons. The third-order valence-electron chi connectivity index (χ3n) is 6.10. The molecule has 1 aliphatic heterocycles. The second-order valence-corrected chi connectivity index (χ2v) is 8.53. The zero-order valence-corrected chi connectivity index (χ0v) is 17.4. The molecule has 29 heavy (non-hydrogen) atoms. The fraction of sp³-hybridized carbons (Fsp3) is 0.435. The number of nitrogens with one attached hydrogen (secondary N) is 1. The normalized spacial score (nSPS) is 19.7. The van der Waals surface area contributed by atoms with E-state index in [0.29, 0.717) is 12.0 Å². The van der Waals surface area contributed by atoms with E-state index in [1.165, 1.54) is 30.8 Å². The molecule has 2 atom stereocenters. The number of imidazole rings is 1. The Hall–Kier alpha value is -2.73. The van der Waals surface area contributed by atoms with Crippen LogP contribution in [0.1, 0.15) is 42.7 Å². The number of aromatic nitrogens is 4. The van der Waals surface area contributed by atoms with E-state index in [0.717, 1.165) is 41.6 Å². The molecule has 1 fully saturated rings. The summed E-state index contributed by atoms with van der Waals surface area (Å²) in [6, 6.07) is 11.0. The number of aryl methyl sites for hydroxylation is 1. The minimum absolute atomic E-state index is 0.564. The zero-order valence-electron chi connectivity index (χ0n) is 17.4. The Balaban J connectivity index is 1.59. The van der Waals surface area contributed by atoms with Gasteiger partial charge in [-0.25, -0.2) is 9.97 Å². The first-order valence-electron chi connectivity index (χ1n) is 10.5. The Bertz CT molecular complexity index is 1040. The molecular formula is C23H28N6. The third-order valence-corrected chi connectivity index (χ3v) is 6.10. The topological polar surface area (TPSA) is 58.9 Å². The monoisotopic (exact) mass is 388 g/mol. The van der Waals surface area contributed by atoms with Crippen molar-refractivity contribution in [2.75, 3.05) is 32.5 Å². The number of fused-ring (bicyclic) bond motifs is 5. The summed E-state index contributed by atoms with van der Waals surface area (Å²) in [5.41, 5.74) is 5.34. The Kier molecular flexibility index (Phi) is 4.59. The smallest absolute Gasteiger partial charge is 0.126 e. The van der Waals surface area contributed by atoms with E-state index in [4.69, 9.17) is 9.97 Å². The summed E-state index contributed by atoms with van der Waals surface area (Å²) in [4.78, 5) is 16.6. The first kappa shape index (κ1) is 18.3. The number of pyridine rings is 2. The average molecular weight is 389 g/mol. The first-order chi connectivity index (χ1) is 14.1. The van der Waals surface area contributed by atoms with Crippen LogP contribution in [0.4, 0.5) is 5.82 Å². The van der Waals surface area contributed by atoms with Crippen molar-refractivity contribution in [1.82, 2.24) is 24.4 Å². The SMILES string of the molecule is Cc1cccc(-c2nc3n(c2-c2ccnc(NCCN(C)C)c2)[C@@H]2CC[C@H]3C2)n1. The van der Waals surface area contributed by atoms with E-state index in [2.05, 4.69) is 58.1 Å². The van der Waals surface area contributed by atoms with Gasteiger partial charge in [-0.15, -0.1) is 0 Å². The highest BCUT2D eigenvalue weighted by molar-refractivity contribution is 5.79. The summed E-state index contributed by atoms with van der Waals surface area (Å²) < 4.78 is 2.49. The number of hydrogen-bond donors (Lipinski definition) is 1. The molecule has 2 aliphatic rings. The van der Waals surface area contributed by atoms with Crippen LogP contribution in [0, 0.1) is 6.92 Å². The van der Waals surface area contributed by atoms with Gasteiger partial charge >= 0.3 is 0 Å². The quantitative estimate of drug-likeness (QED) is 0.689. The molecule has 0 spiro atoms. The summed E-state index contributed by atoms with van der Waals surface area (Å²) in [6.45, 7) is 3.87. The molecule has 1 N–H and O–H groups in total. The largest absolute Gasteiger partial charge is 0.369 e. The molecule has 6 heteroatoms. The molecule has 0 radical (unpaired) electrons. The van der Waals surface area contributed by atoms with Crippen LogP contribution in [0.3, 0.4) is 0 Å². The van der Waals surface area contributed by atoms with E-state index >= 15 is 0 Å². The summed E-state index contributed by atoms with van der Waals surface area (Å²) in [6.07, 6.45) is 5.64. The van der Waals surface area contributed by atoms with Gasteiger partial charge in [-0.2, -0.15) is 0 Å². The first-order valence-corrected chi connectivity index (χ1v) is 10.5. The van der Waals surface area contributed by atoms with Gasteiger partial charge in [0.05, 0.1) is 11.4 Å². The molecule has 2 bridgehead atoms. The van der Waals surface area contributed by atoms with E-state index in [9.17, 15) is 0 Å². The Morgan fingerprint density at radius 3 is 2.90 bits per heavy atom. The lowest BCUT2D eigenvalue weighted by atomic mass is 10.1. The van der Waals surface area contributed by atoms with Crippen molar-refractivity contribution < 1.29 is 0 Å². The standard InChI is InChI=1S/C23H28N6/c1-15-5-4-6-19(26-15)21-22(29-18-8-7-17(13-18)23(29)27-21)16-9-10-24-20(14-16)25-11-12-28(2)3/h4-6,9-10,14,17-18H,7-8,11-13H2,1-3H3,(H,24,25)/t17-,18+/m0/s1. The minimum Gasteiger partial charge on any atom is -0.369 e. The van der Waals surface area contributed by atoms with Crippen LogP contribution >= 0.6 is 0 Å². The van der Waals surface area contributed by atoms with Gasteiger partial charge < -0.3 is 14.8 Å². The molecule has 3 aromatic heterocycles. The van der Waals surface area contributed by atoms with E-state index < -0.39 is 0 Å². The van der Waals surface area contributed by atoms with Crippen molar-refractivity contribution in [3.8, 4) is 22.6 Å². The predicted octanol–water partition coefficient (Wildman–Crippen LogP) is 4.11. The minimum atomic E-state index is 0.564. The predicted molar refractivity (Wildman–Crippen MR) is 116 cm³/mol. The maximum atomic E-state index is 5.13. The Morgan fingerprint density at radius 1 is 1.17 bits per heavy atom. The number of anilines is 1. The highest BCUT2D eigenvalue weighted by atomic mass is 15.2. The lowest BCUT2D eigenvalue weighted by Crippen LogP contribution is -2.21. The van der Waals surface area contributed by atoms with Gasteiger partial charge in [0.15, 0.2) is 0 Å². The lowest BCUT2D eigenvalue weighted by Gasteiger charge is -2.18. The van der Waals surface area contributed by atoms with Gasteiger partial charge in [-0.05, 0) is 64.5 Å². The van der Waals surface area contributed by atoms with Crippen molar-refractivity contribution in [3.63, 3.8) is 0 Å². The van der Waals surface area contributed by atoms with Gasteiger partial charge in [0.2, 0.25) is 0 Å². The van der Waals surface area contributed by atoms with Gasteiger partial charge in [0, 0.05) is 42.5 Å². The second-order valence-electron chi connectivity index (χ2n) is 8.53.